The van der Waals surface area contributed by atoms with Gasteiger partial charge in [0.15, 0.2) is 0 Å². The molecule has 0 aliphatic rings. The Labute approximate surface area is 123 Å². The monoisotopic (exact) mass is 334 g/mol. The van der Waals surface area contributed by atoms with E-state index < -0.39 is 21.1 Å². The second-order valence-corrected chi connectivity index (χ2v) is 6.73. The van der Waals surface area contributed by atoms with Crippen LogP contribution >= 0.6 is 11.6 Å². The lowest BCUT2D eigenvalue weighted by molar-refractivity contribution is 0.452. The first kappa shape index (κ1) is 15.0. The van der Waals surface area contributed by atoms with Gasteiger partial charge < -0.3 is 8.97 Å². The maximum absolute atomic E-state index is 12.0. The molecule has 0 spiro atoms. The average molecular weight is 335 g/mol. The van der Waals surface area contributed by atoms with Gasteiger partial charge in [0.2, 0.25) is 5.09 Å². The van der Waals surface area contributed by atoms with Gasteiger partial charge in [-0.25, -0.2) is 0 Å². The van der Waals surface area contributed by atoms with Crippen LogP contribution in [0.2, 0.25) is 5.02 Å². The fourth-order valence-corrected chi connectivity index (χ4v) is 3.21. The molecule has 1 aromatic carbocycles. The first-order valence-electron chi connectivity index (χ1n) is 5.29. The van der Waals surface area contributed by atoms with Crippen LogP contribution in [-0.4, -0.2) is 17.2 Å². The number of anilines is 1. The smallest absolute Gasteiger partial charge is 0.295 e. The van der Waals surface area contributed by atoms with Crippen LogP contribution in [0, 0.1) is 0 Å². The van der Waals surface area contributed by atoms with Crippen molar-refractivity contribution in [1.29, 1.82) is 0 Å². The summed E-state index contributed by atoms with van der Waals surface area (Å²) in [5.74, 6) is -0.326. The molecule has 1 aromatic heterocycles. The number of hydrogen-bond donors (Lipinski definition) is 1. The topological polar surface area (TPSA) is 99.4 Å². The van der Waals surface area contributed by atoms with Crippen LogP contribution in [-0.2, 0) is 26.9 Å². The molecule has 1 N–H and O–H groups in total. The molecule has 1 heterocycles. The lowest BCUT2D eigenvalue weighted by Gasteiger charge is -2.13. The molecule has 0 aliphatic carbocycles. The van der Waals surface area contributed by atoms with E-state index in [-0.39, 0.29) is 27.1 Å². The fraction of sp³-hybridized carbons (Fsp3) is 0.0909. The zero-order valence-corrected chi connectivity index (χ0v) is 12.3. The summed E-state index contributed by atoms with van der Waals surface area (Å²) in [4.78, 5) is 0. The maximum atomic E-state index is 12.0. The summed E-state index contributed by atoms with van der Waals surface area (Å²) in [6.07, 6.45) is 1.22. The number of hydrogen-bond acceptors (Lipinski definition) is 5. The van der Waals surface area contributed by atoms with Gasteiger partial charge in [0.25, 0.3) is 10.0 Å². The molecule has 0 bridgehead atoms. The Kier molecular flexibility index (Phi) is 4.48. The Hall–Kier alpha value is -1.35. The average Bonchev–Trinajstić information content (AvgIpc) is 2.86. The number of sulfonamides is 1. The van der Waals surface area contributed by atoms with Crippen molar-refractivity contribution in [3.63, 3.8) is 0 Å². The molecule has 2 rings (SSSR count). The van der Waals surface area contributed by atoms with Gasteiger partial charge in [0.05, 0.1) is 12.0 Å². The minimum atomic E-state index is -3.92. The van der Waals surface area contributed by atoms with Gasteiger partial charge >= 0.3 is 0 Å². The summed E-state index contributed by atoms with van der Waals surface area (Å²) >= 11 is 3.45. The molecule has 0 radical (unpaired) electrons. The van der Waals surface area contributed by atoms with Crippen LogP contribution in [0.25, 0.3) is 0 Å². The molecule has 0 fully saturated rings. The van der Waals surface area contributed by atoms with Crippen molar-refractivity contribution in [3.05, 3.63) is 47.2 Å². The van der Waals surface area contributed by atoms with E-state index in [4.69, 9.17) is 16.0 Å². The minimum absolute atomic E-state index is 0.0955. The zero-order valence-electron chi connectivity index (χ0n) is 9.91. The van der Waals surface area contributed by atoms with E-state index in [2.05, 4.69) is 4.72 Å². The number of benzene rings is 1. The molecule has 108 valence electrons. The summed E-state index contributed by atoms with van der Waals surface area (Å²) in [5.41, 5.74) is 0.385. The first-order valence-corrected chi connectivity index (χ1v) is 8.39. The largest absolute Gasteiger partial charge is 0.772 e. The van der Waals surface area contributed by atoms with Crippen LogP contribution in [0.4, 0.5) is 5.69 Å². The molecule has 0 amide bonds. The highest BCUT2D eigenvalue weighted by atomic mass is 35.5. The van der Waals surface area contributed by atoms with E-state index in [0.29, 0.717) is 0 Å². The summed E-state index contributed by atoms with van der Waals surface area (Å²) in [6.45, 7) is 0. The predicted molar refractivity (Wildman–Crippen MR) is 73.6 cm³/mol. The molecule has 1 unspecified atom stereocenters. The van der Waals surface area contributed by atoms with Crippen LogP contribution in [0.5, 0.6) is 0 Å². The number of halogens is 1. The summed E-state index contributed by atoms with van der Waals surface area (Å²) in [7, 11) is -3.92. The molecule has 1 atom stereocenters. The Balaban J connectivity index is 2.37. The quantitative estimate of drug-likeness (QED) is 0.844. The third-order valence-electron chi connectivity index (χ3n) is 2.35. The highest BCUT2D eigenvalue weighted by molar-refractivity contribution is 7.92. The lowest BCUT2D eigenvalue weighted by Crippen LogP contribution is -2.14. The zero-order chi connectivity index (χ0) is 14.8. The molecule has 9 heteroatoms. The van der Waals surface area contributed by atoms with Gasteiger partial charge in [-0.15, -0.1) is 0 Å². The van der Waals surface area contributed by atoms with E-state index in [1.54, 1.807) is 0 Å². The Morgan fingerprint density at radius 3 is 2.70 bits per heavy atom. The predicted octanol–water partition coefficient (Wildman–Crippen LogP) is 2.11. The number of furan rings is 1. The maximum Gasteiger partial charge on any atom is 0.295 e. The first-order chi connectivity index (χ1) is 9.38. The van der Waals surface area contributed by atoms with Crippen LogP contribution in [0.1, 0.15) is 5.56 Å². The van der Waals surface area contributed by atoms with Gasteiger partial charge in [-0.1, -0.05) is 28.7 Å². The standard InChI is InChI=1S/C11H10ClNO5S2/c12-9-4-3-8(7-19(14)15)10(6-9)13-20(16,17)11-2-1-5-18-11/h1-6,13H,7H2,(H,14,15)/p-1. The van der Waals surface area contributed by atoms with Crippen molar-refractivity contribution < 1.29 is 21.6 Å². The van der Waals surface area contributed by atoms with E-state index >= 15 is 0 Å². The molecule has 2 aromatic rings. The highest BCUT2D eigenvalue weighted by Crippen LogP contribution is 2.25. The van der Waals surface area contributed by atoms with Gasteiger partial charge in [-0.05, 0) is 29.8 Å². The van der Waals surface area contributed by atoms with Crippen LogP contribution in [0.15, 0.2) is 46.1 Å². The fourth-order valence-electron chi connectivity index (χ4n) is 1.51. The van der Waals surface area contributed by atoms with Gasteiger partial charge in [-0.3, -0.25) is 8.93 Å². The number of nitrogens with one attached hydrogen (secondary N) is 1. The van der Waals surface area contributed by atoms with Crippen LogP contribution in [0.3, 0.4) is 0 Å². The summed E-state index contributed by atoms with van der Waals surface area (Å²) in [5, 5.41) is 0.00856. The summed E-state index contributed by atoms with van der Waals surface area (Å²) < 4.78 is 52.6. The van der Waals surface area contributed by atoms with Crippen molar-refractivity contribution in [2.75, 3.05) is 4.72 Å². The molecule has 0 saturated heterocycles. The second kappa shape index (κ2) is 5.96. The second-order valence-electron chi connectivity index (χ2n) is 3.79. The van der Waals surface area contributed by atoms with Crippen molar-refractivity contribution in [1.82, 2.24) is 0 Å². The third-order valence-corrected chi connectivity index (χ3v) is 4.38. The molecular formula is C11H9ClNO5S2-. The van der Waals surface area contributed by atoms with E-state index in [9.17, 15) is 17.2 Å². The van der Waals surface area contributed by atoms with E-state index in [1.165, 1.54) is 36.6 Å². The Bertz CT molecular complexity index is 727. The third kappa shape index (κ3) is 3.60. The van der Waals surface area contributed by atoms with Crippen molar-refractivity contribution in [2.45, 2.75) is 10.8 Å². The number of rotatable bonds is 5. The van der Waals surface area contributed by atoms with Crippen molar-refractivity contribution in [2.24, 2.45) is 0 Å². The van der Waals surface area contributed by atoms with E-state index in [1.807, 2.05) is 0 Å². The van der Waals surface area contributed by atoms with Crippen LogP contribution < -0.4 is 4.72 Å². The van der Waals surface area contributed by atoms with Crippen molar-refractivity contribution in [3.8, 4) is 0 Å². The molecule has 0 aliphatic heterocycles. The summed E-state index contributed by atoms with van der Waals surface area (Å²) in [6, 6.07) is 6.97. The molecular weight excluding hydrogens is 326 g/mol. The molecule has 0 saturated carbocycles. The normalized spacial score (nSPS) is 13.1. The molecule has 20 heavy (non-hydrogen) atoms. The Morgan fingerprint density at radius 2 is 2.10 bits per heavy atom. The Morgan fingerprint density at radius 1 is 1.35 bits per heavy atom. The minimum Gasteiger partial charge on any atom is -0.772 e. The highest BCUT2D eigenvalue weighted by Gasteiger charge is 2.19. The SMILES string of the molecule is O=S([O-])Cc1ccc(Cl)cc1NS(=O)(=O)c1ccco1. The van der Waals surface area contributed by atoms with Gasteiger partial charge in [0, 0.05) is 10.8 Å². The van der Waals surface area contributed by atoms with Gasteiger partial charge in [0.1, 0.15) is 0 Å². The van der Waals surface area contributed by atoms with E-state index in [0.717, 1.165) is 0 Å². The molecule has 6 nitrogen and oxygen atoms in total. The lowest BCUT2D eigenvalue weighted by atomic mass is 10.2. The van der Waals surface area contributed by atoms with Gasteiger partial charge in [-0.2, -0.15) is 8.42 Å². The van der Waals surface area contributed by atoms with Crippen molar-refractivity contribution >= 4 is 38.4 Å².